The normalized spacial score (nSPS) is 13.5. The van der Waals surface area contributed by atoms with Gasteiger partial charge in [-0.15, -0.1) is 0 Å². The number of rotatable bonds is 5. The zero-order valence-corrected chi connectivity index (χ0v) is 13.1. The summed E-state index contributed by atoms with van der Waals surface area (Å²) in [5.74, 6) is 0.833. The molecular weight excluding hydrogens is 313 g/mol. The molecule has 6 heteroatoms. The maximum absolute atomic E-state index is 12.1. The maximum atomic E-state index is 12.1. The van der Waals surface area contributed by atoms with E-state index in [1.807, 2.05) is 6.92 Å². The van der Waals surface area contributed by atoms with Gasteiger partial charge in [0.25, 0.3) is 5.91 Å². The van der Waals surface area contributed by atoms with Crippen LogP contribution in [0.1, 0.15) is 25.6 Å². The lowest BCUT2D eigenvalue weighted by atomic mass is 10.2. The third kappa shape index (κ3) is 4.16. The molecule has 21 heavy (non-hydrogen) atoms. The van der Waals surface area contributed by atoms with Gasteiger partial charge in [-0.1, -0.05) is 23.2 Å². The molecule has 1 N–H and O–H groups in total. The smallest absolute Gasteiger partial charge is 0.261 e. The van der Waals surface area contributed by atoms with Gasteiger partial charge in [0.2, 0.25) is 0 Å². The molecular formula is C15H15Cl2NO3. The molecule has 0 saturated heterocycles. The molecule has 2 aromatic rings. The molecule has 2 atom stereocenters. The SMILES string of the molecule is C[C@@H](Oc1ccc(Cl)cc1Cl)C(=O)N[C@H](C)c1ccco1. The van der Waals surface area contributed by atoms with Crippen molar-refractivity contribution in [1.29, 1.82) is 0 Å². The van der Waals surface area contributed by atoms with E-state index in [-0.39, 0.29) is 11.9 Å². The highest BCUT2D eigenvalue weighted by atomic mass is 35.5. The molecule has 0 radical (unpaired) electrons. The van der Waals surface area contributed by atoms with E-state index in [9.17, 15) is 4.79 Å². The second-order valence-electron chi connectivity index (χ2n) is 4.58. The molecule has 1 heterocycles. The average Bonchev–Trinajstić information content (AvgIpc) is 2.95. The van der Waals surface area contributed by atoms with Gasteiger partial charge in [0.15, 0.2) is 6.10 Å². The number of halogens is 2. The molecule has 1 aromatic carbocycles. The van der Waals surface area contributed by atoms with Crippen LogP contribution in [0.2, 0.25) is 10.0 Å². The number of benzene rings is 1. The van der Waals surface area contributed by atoms with Crippen LogP contribution in [0.5, 0.6) is 5.75 Å². The molecule has 0 saturated carbocycles. The Morgan fingerprint density at radius 2 is 2.05 bits per heavy atom. The van der Waals surface area contributed by atoms with Gasteiger partial charge in [-0.2, -0.15) is 0 Å². The minimum atomic E-state index is -0.693. The fourth-order valence-corrected chi connectivity index (χ4v) is 2.21. The second kappa shape index (κ2) is 6.87. The van der Waals surface area contributed by atoms with E-state index in [1.165, 1.54) is 0 Å². The molecule has 1 aromatic heterocycles. The van der Waals surface area contributed by atoms with Gasteiger partial charge in [0, 0.05) is 5.02 Å². The summed E-state index contributed by atoms with van der Waals surface area (Å²) in [6.07, 6.45) is 0.867. The van der Waals surface area contributed by atoms with Gasteiger partial charge >= 0.3 is 0 Å². The number of ether oxygens (including phenoxy) is 1. The number of hydrogen-bond acceptors (Lipinski definition) is 3. The number of furan rings is 1. The van der Waals surface area contributed by atoms with E-state index in [4.69, 9.17) is 32.4 Å². The van der Waals surface area contributed by atoms with Crippen LogP contribution >= 0.6 is 23.2 Å². The Kier molecular flexibility index (Phi) is 5.15. The molecule has 4 nitrogen and oxygen atoms in total. The molecule has 0 aliphatic carbocycles. The Morgan fingerprint density at radius 1 is 1.29 bits per heavy atom. The predicted octanol–water partition coefficient (Wildman–Crippen LogP) is 4.23. The van der Waals surface area contributed by atoms with Crippen molar-refractivity contribution in [3.8, 4) is 5.75 Å². The van der Waals surface area contributed by atoms with E-state index in [0.717, 1.165) is 0 Å². The van der Waals surface area contributed by atoms with Gasteiger partial charge < -0.3 is 14.5 Å². The van der Waals surface area contributed by atoms with E-state index in [2.05, 4.69) is 5.32 Å². The summed E-state index contributed by atoms with van der Waals surface area (Å²) >= 11 is 11.8. The highest BCUT2D eigenvalue weighted by Gasteiger charge is 2.19. The Balaban J connectivity index is 1.96. The maximum Gasteiger partial charge on any atom is 0.261 e. The molecule has 2 rings (SSSR count). The number of hydrogen-bond donors (Lipinski definition) is 1. The van der Waals surface area contributed by atoms with Gasteiger partial charge in [0.05, 0.1) is 17.3 Å². The third-order valence-corrected chi connectivity index (χ3v) is 3.43. The van der Waals surface area contributed by atoms with Crippen molar-refractivity contribution in [3.63, 3.8) is 0 Å². The van der Waals surface area contributed by atoms with Crippen LogP contribution in [-0.4, -0.2) is 12.0 Å². The largest absolute Gasteiger partial charge is 0.479 e. The highest BCUT2D eigenvalue weighted by Crippen LogP contribution is 2.28. The first kappa shape index (κ1) is 15.7. The van der Waals surface area contributed by atoms with Crippen LogP contribution in [0.25, 0.3) is 0 Å². The highest BCUT2D eigenvalue weighted by molar-refractivity contribution is 6.35. The zero-order valence-electron chi connectivity index (χ0n) is 11.6. The lowest BCUT2D eigenvalue weighted by molar-refractivity contribution is -0.128. The minimum Gasteiger partial charge on any atom is -0.479 e. The van der Waals surface area contributed by atoms with Gasteiger partial charge in [-0.3, -0.25) is 4.79 Å². The van der Waals surface area contributed by atoms with Crippen molar-refractivity contribution in [3.05, 3.63) is 52.4 Å². The van der Waals surface area contributed by atoms with Crippen LogP contribution in [0, 0.1) is 0 Å². The van der Waals surface area contributed by atoms with Gasteiger partial charge in [-0.25, -0.2) is 0 Å². The Labute approximate surface area is 133 Å². The molecule has 1 amide bonds. The molecule has 0 aliphatic rings. The van der Waals surface area contributed by atoms with Crippen LogP contribution < -0.4 is 10.1 Å². The molecule has 0 aliphatic heterocycles. The Bertz CT molecular complexity index is 613. The first-order valence-electron chi connectivity index (χ1n) is 6.43. The summed E-state index contributed by atoms with van der Waals surface area (Å²) in [7, 11) is 0. The summed E-state index contributed by atoms with van der Waals surface area (Å²) in [5.41, 5.74) is 0. The molecule has 112 valence electrons. The topological polar surface area (TPSA) is 51.5 Å². The Morgan fingerprint density at radius 3 is 2.67 bits per heavy atom. The van der Waals surface area contributed by atoms with Gasteiger partial charge in [0.1, 0.15) is 11.5 Å². The number of carbonyl (C=O) groups excluding carboxylic acids is 1. The second-order valence-corrected chi connectivity index (χ2v) is 5.42. The van der Waals surface area contributed by atoms with Crippen molar-refractivity contribution >= 4 is 29.1 Å². The quantitative estimate of drug-likeness (QED) is 0.893. The molecule has 0 unspecified atom stereocenters. The number of nitrogens with one attached hydrogen (secondary N) is 1. The van der Waals surface area contributed by atoms with Crippen LogP contribution in [0.15, 0.2) is 41.0 Å². The zero-order chi connectivity index (χ0) is 15.4. The van der Waals surface area contributed by atoms with Crippen molar-refractivity contribution in [1.82, 2.24) is 5.32 Å². The first-order chi connectivity index (χ1) is 9.97. The van der Waals surface area contributed by atoms with E-state index < -0.39 is 6.10 Å². The van der Waals surface area contributed by atoms with Gasteiger partial charge in [-0.05, 0) is 44.2 Å². The molecule has 0 bridgehead atoms. The number of amides is 1. The van der Waals surface area contributed by atoms with E-state index >= 15 is 0 Å². The summed E-state index contributed by atoms with van der Waals surface area (Å²) in [6.45, 7) is 3.48. The number of carbonyl (C=O) groups is 1. The first-order valence-corrected chi connectivity index (χ1v) is 7.18. The van der Waals surface area contributed by atoms with E-state index in [1.54, 1.807) is 43.5 Å². The standard InChI is InChI=1S/C15H15Cl2NO3/c1-9(13-4-3-7-20-13)18-15(19)10(2)21-14-6-5-11(16)8-12(14)17/h3-10H,1-2H3,(H,18,19)/t9-,10-/m1/s1. The van der Waals surface area contributed by atoms with Crippen molar-refractivity contribution in [2.75, 3.05) is 0 Å². The van der Waals surface area contributed by atoms with Crippen LogP contribution in [0.4, 0.5) is 0 Å². The van der Waals surface area contributed by atoms with Crippen molar-refractivity contribution < 1.29 is 13.9 Å². The minimum absolute atomic E-state index is 0.237. The average molecular weight is 328 g/mol. The fraction of sp³-hybridized carbons (Fsp3) is 0.267. The van der Waals surface area contributed by atoms with E-state index in [0.29, 0.717) is 21.6 Å². The van der Waals surface area contributed by atoms with Crippen molar-refractivity contribution in [2.45, 2.75) is 26.0 Å². The summed E-state index contributed by atoms with van der Waals surface area (Å²) in [4.78, 5) is 12.1. The summed E-state index contributed by atoms with van der Waals surface area (Å²) in [6, 6.07) is 8.18. The monoisotopic (exact) mass is 327 g/mol. The molecule has 0 spiro atoms. The predicted molar refractivity (Wildman–Crippen MR) is 81.8 cm³/mol. The molecule has 0 fully saturated rings. The van der Waals surface area contributed by atoms with Crippen LogP contribution in [0.3, 0.4) is 0 Å². The lowest BCUT2D eigenvalue weighted by Crippen LogP contribution is -2.37. The lowest BCUT2D eigenvalue weighted by Gasteiger charge is -2.18. The Hall–Kier alpha value is -1.65. The summed E-state index contributed by atoms with van der Waals surface area (Å²) in [5, 5.41) is 3.68. The third-order valence-electron chi connectivity index (χ3n) is 2.90. The van der Waals surface area contributed by atoms with Crippen LogP contribution in [-0.2, 0) is 4.79 Å². The summed E-state index contributed by atoms with van der Waals surface area (Å²) < 4.78 is 10.8. The fourth-order valence-electron chi connectivity index (χ4n) is 1.75. The van der Waals surface area contributed by atoms with Crippen molar-refractivity contribution in [2.24, 2.45) is 0 Å².